The van der Waals surface area contributed by atoms with Gasteiger partial charge in [0.2, 0.25) is 10.0 Å². The number of benzene rings is 1. The maximum atomic E-state index is 14.0. The Balaban J connectivity index is 2.10. The van der Waals surface area contributed by atoms with Gasteiger partial charge in [-0.05, 0) is 30.5 Å². The van der Waals surface area contributed by atoms with Gasteiger partial charge < -0.3 is 15.4 Å². The average Bonchev–Trinajstić information content (AvgIpc) is 2.66. The number of amides is 2. The van der Waals surface area contributed by atoms with Gasteiger partial charge in [0.1, 0.15) is 22.8 Å². The van der Waals surface area contributed by atoms with E-state index in [0.29, 0.717) is 19.0 Å². The van der Waals surface area contributed by atoms with Crippen molar-refractivity contribution in [2.45, 2.75) is 31.4 Å². The fraction of sp³-hybridized carbons (Fsp3) is 0.529. The monoisotopic (exact) mass is 419 g/mol. The average molecular weight is 419 g/mol. The first-order valence-electron chi connectivity index (χ1n) is 8.77. The Morgan fingerprint density at radius 3 is 2.61 bits per heavy atom. The van der Waals surface area contributed by atoms with Gasteiger partial charge in [0.05, 0.1) is 13.2 Å². The molecular weight excluding hydrogens is 396 g/mol. The summed E-state index contributed by atoms with van der Waals surface area (Å²) in [6.07, 6.45) is -0.807. The van der Waals surface area contributed by atoms with Gasteiger partial charge in [0.25, 0.3) is 0 Å². The lowest BCUT2D eigenvalue weighted by Crippen LogP contribution is -2.53. The molecule has 156 valence electrons. The fourth-order valence-corrected chi connectivity index (χ4v) is 4.18. The molecule has 11 heteroatoms. The molecule has 0 unspecified atom stereocenters. The Morgan fingerprint density at radius 2 is 1.93 bits per heavy atom. The van der Waals surface area contributed by atoms with Gasteiger partial charge in [-0.15, -0.1) is 0 Å². The zero-order valence-corrected chi connectivity index (χ0v) is 16.4. The molecule has 0 bridgehead atoms. The number of halogens is 2. The SMILES string of the molecule is CC(C)CNC(=O)C(=O)NC[C@@H]1OCCCN1S(=O)(=O)c1cc(F)ccc1F. The van der Waals surface area contributed by atoms with Gasteiger partial charge in [-0.1, -0.05) is 13.8 Å². The van der Waals surface area contributed by atoms with Gasteiger partial charge in [-0.25, -0.2) is 17.2 Å². The number of hydrogen-bond acceptors (Lipinski definition) is 5. The number of hydrogen-bond donors (Lipinski definition) is 2. The van der Waals surface area contributed by atoms with Crippen LogP contribution in [0.15, 0.2) is 23.1 Å². The summed E-state index contributed by atoms with van der Waals surface area (Å²) in [5.41, 5.74) is 0. The highest BCUT2D eigenvalue weighted by atomic mass is 32.2. The lowest BCUT2D eigenvalue weighted by atomic mass is 10.2. The first kappa shape index (κ1) is 22.2. The van der Waals surface area contributed by atoms with E-state index in [1.807, 2.05) is 13.8 Å². The van der Waals surface area contributed by atoms with Gasteiger partial charge >= 0.3 is 11.8 Å². The first-order chi connectivity index (χ1) is 13.1. The Morgan fingerprint density at radius 1 is 1.25 bits per heavy atom. The summed E-state index contributed by atoms with van der Waals surface area (Å²) in [5.74, 6) is -3.63. The van der Waals surface area contributed by atoms with Crippen LogP contribution in [0.3, 0.4) is 0 Å². The Labute approximate surface area is 162 Å². The molecule has 1 heterocycles. The zero-order chi connectivity index (χ0) is 20.9. The van der Waals surface area contributed by atoms with E-state index < -0.39 is 44.6 Å². The molecule has 2 N–H and O–H groups in total. The Kier molecular flexibility index (Phi) is 7.44. The van der Waals surface area contributed by atoms with Crippen molar-refractivity contribution >= 4 is 21.8 Å². The van der Waals surface area contributed by atoms with E-state index in [9.17, 15) is 26.8 Å². The molecule has 1 atom stereocenters. The highest BCUT2D eigenvalue weighted by molar-refractivity contribution is 7.89. The second-order valence-corrected chi connectivity index (χ2v) is 8.54. The molecule has 0 aliphatic carbocycles. The summed E-state index contributed by atoms with van der Waals surface area (Å²) in [4.78, 5) is 22.8. The molecule has 1 aromatic rings. The molecule has 1 aromatic carbocycles. The van der Waals surface area contributed by atoms with Crippen LogP contribution in [0.5, 0.6) is 0 Å². The zero-order valence-electron chi connectivity index (χ0n) is 15.6. The van der Waals surface area contributed by atoms with Crippen LogP contribution in [0, 0.1) is 17.6 Å². The van der Waals surface area contributed by atoms with E-state index in [-0.39, 0.29) is 25.6 Å². The van der Waals surface area contributed by atoms with Crippen molar-refractivity contribution in [1.29, 1.82) is 0 Å². The molecule has 1 fully saturated rings. The predicted octanol–water partition coefficient (Wildman–Crippen LogP) is 0.590. The number of carbonyl (C=O) groups is 2. The van der Waals surface area contributed by atoms with Crippen molar-refractivity contribution in [2.24, 2.45) is 5.92 Å². The highest BCUT2D eigenvalue weighted by Gasteiger charge is 2.36. The summed E-state index contributed by atoms with van der Waals surface area (Å²) in [5, 5.41) is 4.74. The molecule has 0 aromatic heterocycles. The van der Waals surface area contributed by atoms with Crippen LogP contribution >= 0.6 is 0 Å². The van der Waals surface area contributed by atoms with Crippen molar-refractivity contribution in [3.63, 3.8) is 0 Å². The number of nitrogens with one attached hydrogen (secondary N) is 2. The topological polar surface area (TPSA) is 105 Å². The van der Waals surface area contributed by atoms with E-state index in [0.717, 1.165) is 16.4 Å². The number of ether oxygens (including phenoxy) is 1. The Hall–Kier alpha value is -2.11. The van der Waals surface area contributed by atoms with Crippen molar-refractivity contribution in [3.8, 4) is 0 Å². The third kappa shape index (κ3) is 5.46. The molecule has 0 radical (unpaired) electrons. The largest absolute Gasteiger partial charge is 0.360 e. The summed E-state index contributed by atoms with van der Waals surface area (Å²) in [7, 11) is -4.41. The summed E-state index contributed by atoms with van der Waals surface area (Å²) in [6.45, 7) is 3.94. The molecule has 1 aliphatic rings. The minimum absolute atomic E-state index is 0.00162. The van der Waals surface area contributed by atoms with Gasteiger partial charge in [-0.3, -0.25) is 9.59 Å². The molecule has 1 saturated heterocycles. The van der Waals surface area contributed by atoms with Crippen LogP contribution in [0.25, 0.3) is 0 Å². The number of nitrogens with zero attached hydrogens (tertiary/aromatic N) is 1. The van der Waals surface area contributed by atoms with Crippen molar-refractivity contribution in [2.75, 3.05) is 26.2 Å². The fourth-order valence-electron chi connectivity index (χ4n) is 2.54. The standard InChI is InChI=1S/C17H23F2N3O5S/c1-11(2)9-20-16(23)17(24)21-10-15-22(6-3-7-27-15)28(25,26)14-8-12(18)4-5-13(14)19/h4-5,8,11,15H,3,6-7,9-10H2,1-2H3,(H,20,23)(H,21,24)/t15-/m0/s1. The number of rotatable bonds is 6. The van der Waals surface area contributed by atoms with Crippen LogP contribution in [0.1, 0.15) is 20.3 Å². The van der Waals surface area contributed by atoms with E-state index >= 15 is 0 Å². The predicted molar refractivity (Wildman–Crippen MR) is 95.5 cm³/mol. The quantitative estimate of drug-likeness (QED) is 0.657. The molecule has 0 spiro atoms. The molecule has 0 saturated carbocycles. The normalized spacial score (nSPS) is 18.1. The molecule has 2 amide bonds. The molecule has 1 aliphatic heterocycles. The van der Waals surface area contributed by atoms with E-state index in [1.54, 1.807) is 0 Å². The molecule has 8 nitrogen and oxygen atoms in total. The summed E-state index contributed by atoms with van der Waals surface area (Å²) < 4.78 is 59.2. The summed E-state index contributed by atoms with van der Waals surface area (Å²) >= 11 is 0. The smallest absolute Gasteiger partial charge is 0.309 e. The first-order valence-corrected chi connectivity index (χ1v) is 10.2. The number of sulfonamides is 1. The van der Waals surface area contributed by atoms with Gasteiger partial charge in [0, 0.05) is 13.1 Å². The minimum Gasteiger partial charge on any atom is -0.360 e. The van der Waals surface area contributed by atoms with Crippen LogP contribution in [0.2, 0.25) is 0 Å². The van der Waals surface area contributed by atoms with Crippen molar-refractivity contribution in [1.82, 2.24) is 14.9 Å². The maximum absolute atomic E-state index is 14.0. The van der Waals surface area contributed by atoms with Crippen molar-refractivity contribution in [3.05, 3.63) is 29.8 Å². The lowest BCUT2D eigenvalue weighted by Gasteiger charge is -2.34. The van der Waals surface area contributed by atoms with E-state index in [1.165, 1.54) is 0 Å². The van der Waals surface area contributed by atoms with Gasteiger partial charge in [0.15, 0.2) is 0 Å². The molecular formula is C17H23F2N3O5S. The second-order valence-electron chi connectivity index (χ2n) is 6.68. The highest BCUT2D eigenvalue weighted by Crippen LogP contribution is 2.24. The van der Waals surface area contributed by atoms with Crippen molar-refractivity contribution < 1.29 is 31.5 Å². The van der Waals surface area contributed by atoms with Gasteiger partial charge in [-0.2, -0.15) is 4.31 Å². The second kappa shape index (κ2) is 9.39. The van der Waals surface area contributed by atoms with E-state index in [4.69, 9.17) is 4.74 Å². The van der Waals surface area contributed by atoms with Crippen LogP contribution in [-0.4, -0.2) is 57.0 Å². The summed E-state index contributed by atoms with van der Waals surface area (Å²) in [6, 6.07) is 2.13. The third-order valence-electron chi connectivity index (χ3n) is 3.95. The molecule has 2 rings (SSSR count). The maximum Gasteiger partial charge on any atom is 0.309 e. The van der Waals surface area contributed by atoms with Crippen LogP contribution in [0.4, 0.5) is 8.78 Å². The minimum atomic E-state index is -4.41. The third-order valence-corrected chi connectivity index (χ3v) is 5.85. The Bertz CT molecular complexity index is 832. The lowest BCUT2D eigenvalue weighted by molar-refractivity contribution is -0.140. The van der Waals surface area contributed by atoms with Crippen LogP contribution in [-0.2, 0) is 24.3 Å². The number of carbonyl (C=O) groups excluding carboxylic acids is 2. The molecule has 28 heavy (non-hydrogen) atoms. The van der Waals surface area contributed by atoms with E-state index in [2.05, 4.69) is 10.6 Å². The van der Waals surface area contributed by atoms with Crippen LogP contribution < -0.4 is 10.6 Å².